The number of nitrogens with one attached hydrogen (secondary N) is 1. The Hall–Kier alpha value is -3.71. The molecule has 44 heavy (non-hydrogen) atoms. The van der Waals surface area contributed by atoms with Crippen LogP contribution in [-0.4, -0.2) is 71.0 Å². The van der Waals surface area contributed by atoms with Gasteiger partial charge in [0.1, 0.15) is 16.3 Å². The number of aryl methyl sites for hydroxylation is 1. The number of carbonyl (C=O) groups is 2. The summed E-state index contributed by atoms with van der Waals surface area (Å²) in [6.07, 6.45) is 6.91. The molecule has 3 aliphatic rings. The van der Waals surface area contributed by atoms with Gasteiger partial charge in [-0.2, -0.15) is 0 Å². The van der Waals surface area contributed by atoms with Gasteiger partial charge >= 0.3 is 11.9 Å². The third-order valence-corrected chi connectivity index (χ3v) is 10.2. The maximum Gasteiger partial charge on any atom is 0.341 e. The molecule has 1 saturated heterocycles. The fourth-order valence-electron chi connectivity index (χ4n) is 6.43. The zero-order valence-corrected chi connectivity index (χ0v) is 26.5. The van der Waals surface area contributed by atoms with Gasteiger partial charge in [-0.25, -0.2) is 14.0 Å². The van der Waals surface area contributed by atoms with Crippen LogP contribution in [0.25, 0.3) is 10.9 Å². The molecule has 234 valence electrons. The van der Waals surface area contributed by atoms with Crippen molar-refractivity contribution in [1.82, 2.24) is 9.47 Å². The van der Waals surface area contributed by atoms with Gasteiger partial charge in [0.05, 0.1) is 30.2 Å². The van der Waals surface area contributed by atoms with Gasteiger partial charge in [0.2, 0.25) is 5.43 Å². The van der Waals surface area contributed by atoms with Crippen molar-refractivity contribution in [3.63, 3.8) is 0 Å². The Labute approximate surface area is 263 Å². The predicted octanol–water partition coefficient (Wildman–Crippen LogP) is 5.21. The smallest absolute Gasteiger partial charge is 0.341 e. The molecule has 0 radical (unpaired) electrons. The van der Waals surface area contributed by atoms with E-state index in [-0.39, 0.29) is 40.4 Å². The Balaban J connectivity index is 1.28. The first-order valence-corrected chi connectivity index (χ1v) is 16.2. The molecule has 10 nitrogen and oxygen atoms in total. The maximum absolute atomic E-state index is 15.9. The zero-order valence-electron chi connectivity index (χ0n) is 24.9. The first-order valence-electron chi connectivity index (χ1n) is 15.0. The van der Waals surface area contributed by atoms with Gasteiger partial charge in [0.15, 0.2) is 16.7 Å². The number of fused-ring (bicyclic) bond motifs is 2. The monoisotopic (exact) mass is 642 g/mol. The van der Waals surface area contributed by atoms with Crippen LogP contribution >= 0.6 is 23.6 Å². The summed E-state index contributed by atoms with van der Waals surface area (Å²) >= 11 is 7.40. The van der Waals surface area contributed by atoms with Gasteiger partial charge in [-0.05, 0) is 76.2 Å². The van der Waals surface area contributed by atoms with Crippen LogP contribution in [0.4, 0.5) is 15.1 Å². The minimum Gasteiger partial charge on any atom is -0.492 e. The number of halogens is 1. The first-order chi connectivity index (χ1) is 21.1. The number of nitrogens with zero attached hydrogens (tertiary/aromatic N) is 3. The van der Waals surface area contributed by atoms with Gasteiger partial charge in [0.25, 0.3) is 0 Å². The molecule has 0 bridgehead atoms. The number of aromatic nitrogens is 1. The Bertz CT molecular complexity index is 1730. The zero-order chi connectivity index (χ0) is 31.3. The normalized spacial score (nSPS) is 18.2. The molecule has 1 unspecified atom stereocenters. The lowest BCUT2D eigenvalue weighted by atomic mass is 9.95. The molecular weight excluding hydrogens is 607 g/mol. The highest BCUT2D eigenvalue weighted by molar-refractivity contribution is 7.80. The van der Waals surface area contributed by atoms with E-state index in [1.807, 2.05) is 16.7 Å². The Morgan fingerprint density at radius 2 is 1.98 bits per heavy atom. The second-order valence-corrected chi connectivity index (χ2v) is 13.0. The Morgan fingerprint density at radius 3 is 2.64 bits per heavy atom. The summed E-state index contributed by atoms with van der Waals surface area (Å²) in [6, 6.07) is 1.02. The minimum atomic E-state index is -1.35. The Kier molecular flexibility index (Phi) is 8.27. The molecule has 13 heteroatoms. The molecule has 1 aliphatic heterocycles. The second-order valence-electron chi connectivity index (χ2n) is 11.5. The lowest BCUT2D eigenvalue weighted by Gasteiger charge is -2.42. The summed E-state index contributed by atoms with van der Waals surface area (Å²) in [7, 11) is 1.44. The van der Waals surface area contributed by atoms with E-state index in [0.29, 0.717) is 47.4 Å². The van der Waals surface area contributed by atoms with E-state index < -0.39 is 17.2 Å². The highest BCUT2D eigenvalue weighted by atomic mass is 32.1. The number of piperazine rings is 1. The van der Waals surface area contributed by atoms with E-state index in [1.54, 1.807) is 22.8 Å². The van der Waals surface area contributed by atoms with Crippen LogP contribution in [0.15, 0.2) is 17.1 Å². The van der Waals surface area contributed by atoms with Crippen molar-refractivity contribution in [3.8, 4) is 5.75 Å². The molecule has 1 atom stereocenters. The van der Waals surface area contributed by atoms with Gasteiger partial charge in [-0.3, -0.25) is 4.79 Å². The van der Waals surface area contributed by atoms with E-state index >= 15 is 4.39 Å². The molecule has 2 N–H and O–H groups in total. The van der Waals surface area contributed by atoms with Crippen molar-refractivity contribution in [2.24, 2.45) is 0 Å². The van der Waals surface area contributed by atoms with Crippen LogP contribution in [0.3, 0.4) is 0 Å². The van der Waals surface area contributed by atoms with Crippen LogP contribution in [0.1, 0.15) is 76.7 Å². The van der Waals surface area contributed by atoms with E-state index in [2.05, 4.69) is 5.32 Å². The number of rotatable bonds is 7. The van der Waals surface area contributed by atoms with Crippen LogP contribution in [0.5, 0.6) is 5.75 Å². The molecule has 0 spiro atoms. The number of carboxylic acids is 1. The molecule has 0 amide bonds. The van der Waals surface area contributed by atoms with Gasteiger partial charge < -0.3 is 34.3 Å². The molecule has 1 saturated carbocycles. The van der Waals surface area contributed by atoms with Crippen molar-refractivity contribution in [2.45, 2.75) is 64.5 Å². The molecule has 1 aromatic carbocycles. The summed E-state index contributed by atoms with van der Waals surface area (Å²) < 4.78 is 28.8. The number of hydrogen-bond donors (Lipinski definition) is 2. The van der Waals surface area contributed by atoms with Crippen molar-refractivity contribution in [3.05, 3.63) is 49.9 Å². The fourth-order valence-corrected chi connectivity index (χ4v) is 8.14. The topological polar surface area (TPSA) is 113 Å². The van der Waals surface area contributed by atoms with E-state index in [9.17, 15) is 19.5 Å². The summed E-state index contributed by atoms with van der Waals surface area (Å²) in [6.45, 7) is 5.38. The van der Waals surface area contributed by atoms with Crippen molar-refractivity contribution in [2.75, 3.05) is 43.6 Å². The van der Waals surface area contributed by atoms with E-state index in [1.165, 1.54) is 18.2 Å². The molecule has 6 rings (SSSR count). The average molecular weight is 643 g/mol. The van der Waals surface area contributed by atoms with Crippen molar-refractivity contribution >= 4 is 62.2 Å². The number of aromatic carboxylic acids is 1. The number of thiophene rings is 1. The number of esters is 1. The number of benzene rings is 1. The van der Waals surface area contributed by atoms with Gasteiger partial charge in [0, 0.05) is 42.8 Å². The molecular formula is C31H35FN4O6S2. The highest BCUT2D eigenvalue weighted by Crippen LogP contribution is 2.44. The van der Waals surface area contributed by atoms with E-state index in [0.717, 1.165) is 50.2 Å². The SMILES string of the molecule is CCOC(=O)c1c(NC(=S)N2CCN(c3c(F)cc4c(=O)c(C(=O)O)cn(C5CC5)c4c3OC)CC2C)sc2c1CCCC2. The lowest BCUT2D eigenvalue weighted by Crippen LogP contribution is -2.55. The molecule has 3 aromatic rings. The quantitative estimate of drug-likeness (QED) is 0.263. The van der Waals surface area contributed by atoms with Crippen molar-refractivity contribution < 1.29 is 28.6 Å². The van der Waals surface area contributed by atoms with Crippen LogP contribution in [0, 0.1) is 5.82 Å². The summed E-state index contributed by atoms with van der Waals surface area (Å²) in [5.74, 6) is -2.12. The van der Waals surface area contributed by atoms with Crippen LogP contribution in [-0.2, 0) is 17.6 Å². The summed E-state index contributed by atoms with van der Waals surface area (Å²) in [4.78, 5) is 42.9. The minimum absolute atomic E-state index is 0.0111. The fraction of sp³-hybridized carbons (Fsp3) is 0.484. The molecule has 2 fully saturated rings. The van der Waals surface area contributed by atoms with E-state index in [4.69, 9.17) is 21.7 Å². The number of carbonyl (C=O) groups excluding carboxylic acids is 1. The highest BCUT2D eigenvalue weighted by Gasteiger charge is 2.34. The number of anilines is 2. The maximum atomic E-state index is 15.9. The standard InChI is InChI=1S/C31H35FN4O6S2/c1-4-42-30(40)23-18-7-5-6-8-22(18)44-28(23)33-31(43)35-12-11-34(14-16(35)2)25-21(32)13-19-24(27(25)41-3)36(17-9-10-17)15-20(26(19)37)29(38)39/h13,15-17H,4-12,14H2,1-3H3,(H,33,43)(H,38,39). The number of methoxy groups -OCH3 is 1. The van der Waals surface area contributed by atoms with Crippen LogP contribution in [0.2, 0.25) is 0 Å². The Morgan fingerprint density at radius 1 is 1.23 bits per heavy atom. The number of pyridine rings is 1. The molecule has 2 aliphatic carbocycles. The third-order valence-electron chi connectivity index (χ3n) is 8.65. The summed E-state index contributed by atoms with van der Waals surface area (Å²) in [5.41, 5.74) is 1.15. The average Bonchev–Trinajstić information content (AvgIpc) is 3.77. The van der Waals surface area contributed by atoms with Crippen molar-refractivity contribution in [1.29, 1.82) is 0 Å². The molecule has 2 aromatic heterocycles. The second kappa shape index (κ2) is 12.0. The number of ether oxygens (including phenoxy) is 2. The summed E-state index contributed by atoms with van der Waals surface area (Å²) in [5, 5.41) is 14.1. The van der Waals surface area contributed by atoms with Gasteiger partial charge in [-0.15, -0.1) is 11.3 Å². The first kappa shape index (κ1) is 30.3. The van der Waals surface area contributed by atoms with Crippen LogP contribution < -0.4 is 20.4 Å². The number of carboxylic acid groups (broad SMARTS) is 1. The third kappa shape index (κ3) is 5.29. The number of hydrogen-bond acceptors (Lipinski definition) is 8. The largest absolute Gasteiger partial charge is 0.492 e. The van der Waals surface area contributed by atoms with Gasteiger partial charge in [-0.1, -0.05) is 0 Å². The lowest BCUT2D eigenvalue weighted by molar-refractivity contribution is 0.0526. The molecule has 3 heterocycles. The predicted molar refractivity (Wildman–Crippen MR) is 171 cm³/mol. The number of thiocarbonyl (C=S) groups is 1.